The van der Waals surface area contributed by atoms with E-state index in [4.69, 9.17) is 5.73 Å². The molecule has 5 nitrogen and oxygen atoms in total. The van der Waals surface area contributed by atoms with Gasteiger partial charge < -0.3 is 11.1 Å². The van der Waals surface area contributed by atoms with Crippen LogP contribution in [0, 0.1) is 6.92 Å². The van der Waals surface area contributed by atoms with Gasteiger partial charge >= 0.3 is 0 Å². The Kier molecular flexibility index (Phi) is 2.80. The lowest BCUT2D eigenvalue weighted by molar-refractivity contribution is 0.864. The van der Waals surface area contributed by atoms with Gasteiger partial charge in [-0.3, -0.25) is 0 Å². The predicted molar refractivity (Wildman–Crippen MR) is 58.3 cm³/mol. The number of guanidine groups is 1. The third-order valence-corrected chi connectivity index (χ3v) is 2.17. The largest absolute Gasteiger partial charge is 0.370 e. The first kappa shape index (κ1) is 9.89. The van der Waals surface area contributed by atoms with E-state index in [0.717, 1.165) is 11.5 Å². The topological polar surface area (TPSA) is 76.2 Å². The highest BCUT2D eigenvalue weighted by atomic mass is 15.1. The molecule has 5 heteroatoms. The minimum atomic E-state index is 0.508. The number of nitrogens with one attached hydrogen (secondary N) is 1. The number of aryl methyl sites for hydroxylation is 1. The van der Waals surface area contributed by atoms with Gasteiger partial charge in [0.05, 0.1) is 12.2 Å². The van der Waals surface area contributed by atoms with Crippen molar-refractivity contribution in [2.24, 2.45) is 10.7 Å². The molecule has 1 aliphatic rings. The average Bonchev–Trinajstić information content (AvgIpc) is 2.99. The van der Waals surface area contributed by atoms with Crippen LogP contribution in [-0.2, 0) is 6.54 Å². The van der Waals surface area contributed by atoms with Crippen molar-refractivity contribution in [3.05, 3.63) is 23.8 Å². The number of nitrogens with two attached hydrogens (primary N) is 1. The fourth-order valence-corrected chi connectivity index (χ4v) is 1.24. The number of aliphatic imine (C=N–C) groups is 1. The van der Waals surface area contributed by atoms with Crippen molar-refractivity contribution < 1.29 is 0 Å². The second-order valence-electron chi connectivity index (χ2n) is 3.72. The first-order valence-corrected chi connectivity index (χ1v) is 5.09. The molecule has 1 saturated carbocycles. The molecule has 80 valence electrons. The maximum Gasteiger partial charge on any atom is 0.189 e. The fourth-order valence-electron chi connectivity index (χ4n) is 1.24. The summed E-state index contributed by atoms with van der Waals surface area (Å²) in [5.41, 5.74) is 6.59. The SMILES string of the molecule is Cc1nccc(CN=C(N)NC2CC2)n1. The Morgan fingerprint density at radius 2 is 2.47 bits per heavy atom. The van der Waals surface area contributed by atoms with E-state index in [1.807, 2.05) is 13.0 Å². The Labute approximate surface area is 88.8 Å². The molecule has 15 heavy (non-hydrogen) atoms. The zero-order valence-electron chi connectivity index (χ0n) is 8.77. The third kappa shape index (κ3) is 3.19. The van der Waals surface area contributed by atoms with Gasteiger partial charge in [-0.1, -0.05) is 0 Å². The number of hydrogen-bond donors (Lipinski definition) is 2. The Morgan fingerprint density at radius 1 is 1.67 bits per heavy atom. The highest BCUT2D eigenvalue weighted by Crippen LogP contribution is 2.17. The van der Waals surface area contributed by atoms with Gasteiger partial charge in [0.15, 0.2) is 5.96 Å². The second kappa shape index (κ2) is 4.25. The van der Waals surface area contributed by atoms with E-state index in [0.29, 0.717) is 18.5 Å². The van der Waals surface area contributed by atoms with Gasteiger partial charge in [0, 0.05) is 12.2 Å². The number of nitrogens with zero attached hydrogens (tertiary/aromatic N) is 3. The number of hydrogen-bond acceptors (Lipinski definition) is 3. The molecule has 0 atom stereocenters. The van der Waals surface area contributed by atoms with E-state index >= 15 is 0 Å². The first-order valence-electron chi connectivity index (χ1n) is 5.09. The van der Waals surface area contributed by atoms with Crippen molar-refractivity contribution in [3.8, 4) is 0 Å². The summed E-state index contributed by atoms with van der Waals surface area (Å²) < 4.78 is 0. The maximum atomic E-state index is 5.70. The predicted octanol–water partition coefficient (Wildman–Crippen LogP) is 0.352. The summed E-state index contributed by atoms with van der Waals surface area (Å²) in [6.45, 7) is 2.37. The summed E-state index contributed by atoms with van der Waals surface area (Å²) in [7, 11) is 0. The first-order chi connectivity index (χ1) is 7.24. The van der Waals surface area contributed by atoms with E-state index < -0.39 is 0 Å². The molecule has 2 rings (SSSR count). The van der Waals surface area contributed by atoms with Crippen molar-refractivity contribution in [2.75, 3.05) is 0 Å². The Bertz CT molecular complexity index is 370. The normalized spacial score (nSPS) is 16.5. The molecule has 1 aliphatic carbocycles. The summed E-state index contributed by atoms with van der Waals surface area (Å²) in [4.78, 5) is 12.5. The molecule has 0 bridgehead atoms. The molecule has 1 aromatic heterocycles. The minimum absolute atomic E-state index is 0.508. The standard InChI is InChI=1S/C10H15N5/c1-7-12-5-4-9(14-7)6-13-10(11)15-8-2-3-8/h4-5,8H,2-3,6H2,1H3,(H3,11,13,15). The number of aromatic nitrogens is 2. The van der Waals surface area contributed by atoms with E-state index in [-0.39, 0.29) is 0 Å². The Hall–Kier alpha value is -1.65. The van der Waals surface area contributed by atoms with Gasteiger partial charge in [-0.05, 0) is 25.8 Å². The quantitative estimate of drug-likeness (QED) is 0.551. The van der Waals surface area contributed by atoms with E-state index in [9.17, 15) is 0 Å². The second-order valence-corrected chi connectivity index (χ2v) is 3.72. The lowest BCUT2D eigenvalue weighted by Crippen LogP contribution is -2.33. The van der Waals surface area contributed by atoms with E-state index in [2.05, 4.69) is 20.3 Å². The van der Waals surface area contributed by atoms with Crippen LogP contribution in [0.2, 0.25) is 0 Å². The molecule has 1 fully saturated rings. The highest BCUT2D eigenvalue weighted by Gasteiger charge is 2.21. The van der Waals surface area contributed by atoms with Gasteiger partial charge in [-0.25, -0.2) is 15.0 Å². The van der Waals surface area contributed by atoms with Crippen molar-refractivity contribution in [2.45, 2.75) is 32.4 Å². The van der Waals surface area contributed by atoms with Gasteiger partial charge in [0.1, 0.15) is 5.82 Å². The summed E-state index contributed by atoms with van der Waals surface area (Å²) in [5.74, 6) is 1.27. The minimum Gasteiger partial charge on any atom is -0.370 e. The molecule has 0 aromatic carbocycles. The molecule has 0 aliphatic heterocycles. The van der Waals surface area contributed by atoms with E-state index in [1.54, 1.807) is 6.20 Å². The third-order valence-electron chi connectivity index (χ3n) is 2.17. The molecule has 1 heterocycles. The van der Waals surface area contributed by atoms with Gasteiger partial charge in [0.25, 0.3) is 0 Å². The zero-order valence-corrected chi connectivity index (χ0v) is 8.77. The molecule has 0 unspecified atom stereocenters. The zero-order chi connectivity index (χ0) is 10.7. The highest BCUT2D eigenvalue weighted by molar-refractivity contribution is 5.78. The Balaban J connectivity index is 1.90. The van der Waals surface area contributed by atoms with Crippen LogP contribution in [0.25, 0.3) is 0 Å². The smallest absolute Gasteiger partial charge is 0.189 e. The summed E-state index contributed by atoms with van der Waals surface area (Å²) in [6, 6.07) is 2.39. The van der Waals surface area contributed by atoms with Gasteiger partial charge in [-0.2, -0.15) is 0 Å². The van der Waals surface area contributed by atoms with Crippen molar-refractivity contribution in [3.63, 3.8) is 0 Å². The van der Waals surface area contributed by atoms with Crippen molar-refractivity contribution in [1.29, 1.82) is 0 Å². The van der Waals surface area contributed by atoms with Crippen LogP contribution in [0.3, 0.4) is 0 Å². The average molecular weight is 205 g/mol. The molecule has 0 saturated heterocycles. The van der Waals surface area contributed by atoms with E-state index in [1.165, 1.54) is 12.8 Å². The monoisotopic (exact) mass is 205 g/mol. The maximum absolute atomic E-state index is 5.70. The lowest BCUT2D eigenvalue weighted by atomic mass is 10.4. The van der Waals surface area contributed by atoms with Crippen molar-refractivity contribution in [1.82, 2.24) is 15.3 Å². The van der Waals surface area contributed by atoms with Crippen molar-refractivity contribution >= 4 is 5.96 Å². The van der Waals surface area contributed by atoms with Crippen LogP contribution in [-0.4, -0.2) is 22.0 Å². The molecule has 0 amide bonds. The van der Waals surface area contributed by atoms with Crippen LogP contribution >= 0.6 is 0 Å². The van der Waals surface area contributed by atoms with Crippen LogP contribution in [0.1, 0.15) is 24.4 Å². The molecule has 3 N–H and O–H groups in total. The summed E-state index contributed by atoms with van der Waals surface area (Å²) >= 11 is 0. The molecule has 0 radical (unpaired) electrons. The molecular weight excluding hydrogens is 190 g/mol. The van der Waals surface area contributed by atoms with Crippen LogP contribution in [0.4, 0.5) is 0 Å². The number of rotatable bonds is 3. The van der Waals surface area contributed by atoms with Crippen LogP contribution in [0.15, 0.2) is 17.3 Å². The molecular formula is C10H15N5. The molecule has 0 spiro atoms. The van der Waals surface area contributed by atoms with Crippen LogP contribution in [0.5, 0.6) is 0 Å². The Morgan fingerprint density at radius 3 is 3.13 bits per heavy atom. The summed E-state index contributed by atoms with van der Waals surface area (Å²) in [6.07, 6.45) is 4.13. The van der Waals surface area contributed by atoms with Gasteiger partial charge in [-0.15, -0.1) is 0 Å². The fraction of sp³-hybridized carbons (Fsp3) is 0.500. The summed E-state index contributed by atoms with van der Waals surface area (Å²) in [5, 5.41) is 3.12. The lowest BCUT2D eigenvalue weighted by Gasteiger charge is -2.02. The van der Waals surface area contributed by atoms with Gasteiger partial charge in [0.2, 0.25) is 0 Å². The van der Waals surface area contributed by atoms with Crippen LogP contribution < -0.4 is 11.1 Å². The molecule has 1 aromatic rings.